The molecule has 3 aromatic carbocycles. The number of aromatic nitrogens is 2. The van der Waals surface area contributed by atoms with Crippen LogP contribution in [0.3, 0.4) is 0 Å². The zero-order valence-corrected chi connectivity index (χ0v) is 26.0. The SMILES string of the molecule is COc1ccc(C(C)C)cc1-c1ccc(C(F)(F)F)cc1CN(Cc1cc(C#N)cc(C(F)(F)F)c1)c1ncc(OCCC(=O)O)cn1. The summed E-state index contributed by atoms with van der Waals surface area (Å²) >= 11 is 0. The first-order chi connectivity index (χ1) is 22.6. The van der Waals surface area contributed by atoms with E-state index in [1.807, 2.05) is 26.0 Å². The van der Waals surface area contributed by atoms with Crippen molar-refractivity contribution in [2.75, 3.05) is 18.6 Å². The zero-order chi connectivity index (χ0) is 35.2. The average molecular weight is 673 g/mol. The topological polar surface area (TPSA) is 109 Å². The van der Waals surface area contributed by atoms with Crippen molar-refractivity contribution >= 4 is 11.9 Å². The van der Waals surface area contributed by atoms with Crippen LogP contribution >= 0.6 is 0 Å². The molecule has 0 saturated carbocycles. The van der Waals surface area contributed by atoms with Crippen LogP contribution in [-0.2, 0) is 30.2 Å². The van der Waals surface area contributed by atoms with Crippen molar-refractivity contribution in [3.05, 3.63) is 100 Å². The number of carbonyl (C=O) groups is 1. The number of methoxy groups -OCH3 is 1. The van der Waals surface area contributed by atoms with Gasteiger partial charge in [0.15, 0.2) is 5.75 Å². The number of hydrogen-bond donors (Lipinski definition) is 1. The standard InChI is InChI=1S/C34H30F6N4O4/c1-20(2)23-4-7-30(47-3)29(14-23)28-6-5-25(33(35,36)37)13-24(28)19-44(32-42-16-27(17-43-32)48-9-8-31(45)46)18-22-10-21(15-41)11-26(12-22)34(38,39)40/h4-7,10-14,16-17,20H,8-9,18-19H2,1-3H3,(H,45,46). The molecule has 0 atom stereocenters. The summed E-state index contributed by atoms with van der Waals surface area (Å²) in [4.78, 5) is 20.7. The molecule has 0 radical (unpaired) electrons. The highest BCUT2D eigenvalue weighted by atomic mass is 19.4. The molecule has 0 aliphatic heterocycles. The van der Waals surface area contributed by atoms with Crippen molar-refractivity contribution in [1.82, 2.24) is 9.97 Å². The van der Waals surface area contributed by atoms with E-state index in [1.54, 1.807) is 12.1 Å². The van der Waals surface area contributed by atoms with Crippen LogP contribution in [0.1, 0.15) is 59.6 Å². The van der Waals surface area contributed by atoms with Crippen molar-refractivity contribution in [2.45, 2.75) is 51.6 Å². The van der Waals surface area contributed by atoms with Gasteiger partial charge in [0.05, 0.1) is 55.3 Å². The Bertz CT molecular complexity index is 1800. The normalized spacial score (nSPS) is 11.7. The molecule has 48 heavy (non-hydrogen) atoms. The number of nitrogens with zero attached hydrogens (tertiary/aromatic N) is 4. The van der Waals surface area contributed by atoms with E-state index in [9.17, 15) is 36.4 Å². The van der Waals surface area contributed by atoms with Gasteiger partial charge in [-0.05, 0) is 70.6 Å². The summed E-state index contributed by atoms with van der Waals surface area (Å²) in [6, 6.07) is 13.1. The highest BCUT2D eigenvalue weighted by molar-refractivity contribution is 5.75. The van der Waals surface area contributed by atoms with Crippen LogP contribution in [0.2, 0.25) is 0 Å². The molecule has 14 heteroatoms. The highest BCUT2D eigenvalue weighted by Crippen LogP contribution is 2.39. The molecule has 4 aromatic rings. The molecular weight excluding hydrogens is 642 g/mol. The van der Waals surface area contributed by atoms with Gasteiger partial charge in [0.1, 0.15) is 5.75 Å². The largest absolute Gasteiger partial charge is 0.496 e. The van der Waals surface area contributed by atoms with Crippen LogP contribution < -0.4 is 14.4 Å². The first-order valence-corrected chi connectivity index (χ1v) is 14.5. The van der Waals surface area contributed by atoms with E-state index in [0.29, 0.717) is 22.9 Å². The van der Waals surface area contributed by atoms with Gasteiger partial charge >= 0.3 is 18.3 Å². The first kappa shape index (κ1) is 35.5. The minimum Gasteiger partial charge on any atom is -0.496 e. The molecule has 0 bridgehead atoms. The summed E-state index contributed by atoms with van der Waals surface area (Å²) in [5, 5.41) is 18.3. The van der Waals surface area contributed by atoms with Gasteiger partial charge < -0.3 is 19.5 Å². The van der Waals surface area contributed by atoms with Crippen LogP contribution in [0.25, 0.3) is 11.1 Å². The highest BCUT2D eigenvalue weighted by Gasteiger charge is 2.33. The summed E-state index contributed by atoms with van der Waals surface area (Å²) < 4.78 is 94.1. The maximum atomic E-state index is 14.0. The Hall–Kier alpha value is -5.32. The van der Waals surface area contributed by atoms with Crippen LogP contribution in [0.15, 0.2) is 67.0 Å². The van der Waals surface area contributed by atoms with Crippen LogP contribution in [0, 0.1) is 11.3 Å². The molecule has 0 amide bonds. The number of nitriles is 1. The van der Waals surface area contributed by atoms with Crippen LogP contribution in [-0.4, -0.2) is 34.8 Å². The van der Waals surface area contributed by atoms with Gasteiger partial charge in [-0.3, -0.25) is 4.79 Å². The molecule has 0 fully saturated rings. The Morgan fingerprint density at radius 3 is 2.19 bits per heavy atom. The van der Waals surface area contributed by atoms with E-state index >= 15 is 0 Å². The summed E-state index contributed by atoms with van der Waals surface area (Å²) in [5.41, 5.74) is -0.351. The Kier molecular flexibility index (Phi) is 10.8. The van der Waals surface area contributed by atoms with E-state index in [-0.39, 0.29) is 60.4 Å². The lowest BCUT2D eigenvalue weighted by Gasteiger charge is -2.26. The third-order valence-corrected chi connectivity index (χ3v) is 7.28. The van der Waals surface area contributed by atoms with Gasteiger partial charge in [-0.2, -0.15) is 31.6 Å². The number of alkyl halides is 6. The smallest absolute Gasteiger partial charge is 0.416 e. The minimum absolute atomic E-state index is 0.0275. The maximum Gasteiger partial charge on any atom is 0.416 e. The number of carboxylic acid groups (broad SMARTS) is 1. The second-order valence-electron chi connectivity index (χ2n) is 11.1. The predicted octanol–water partition coefficient (Wildman–Crippen LogP) is 8.25. The predicted molar refractivity (Wildman–Crippen MR) is 163 cm³/mol. The van der Waals surface area contributed by atoms with Gasteiger partial charge in [-0.1, -0.05) is 26.0 Å². The summed E-state index contributed by atoms with van der Waals surface area (Å²) in [5.74, 6) is -0.612. The number of hydrogen-bond acceptors (Lipinski definition) is 7. The van der Waals surface area contributed by atoms with E-state index in [1.165, 1.54) is 36.5 Å². The quantitative estimate of drug-likeness (QED) is 0.150. The molecule has 0 saturated heterocycles. The van der Waals surface area contributed by atoms with E-state index < -0.39 is 29.4 Å². The van der Waals surface area contributed by atoms with Gasteiger partial charge in [-0.15, -0.1) is 0 Å². The molecule has 8 nitrogen and oxygen atoms in total. The number of benzene rings is 3. The molecule has 0 aliphatic carbocycles. The number of rotatable bonds is 12. The molecule has 0 spiro atoms. The van der Waals surface area contributed by atoms with Gasteiger partial charge in [0.2, 0.25) is 5.95 Å². The lowest BCUT2D eigenvalue weighted by atomic mass is 9.92. The van der Waals surface area contributed by atoms with Crippen molar-refractivity contribution in [3.8, 4) is 28.7 Å². The molecule has 0 aliphatic rings. The van der Waals surface area contributed by atoms with Gasteiger partial charge in [0.25, 0.3) is 0 Å². The third kappa shape index (κ3) is 8.93. The Labute approximate surface area is 272 Å². The third-order valence-electron chi connectivity index (χ3n) is 7.28. The maximum absolute atomic E-state index is 14.0. The summed E-state index contributed by atoms with van der Waals surface area (Å²) in [6.07, 6.45) is -7.36. The van der Waals surface area contributed by atoms with Gasteiger partial charge in [-0.25, -0.2) is 9.97 Å². The van der Waals surface area contributed by atoms with Gasteiger partial charge in [0, 0.05) is 18.7 Å². The summed E-state index contributed by atoms with van der Waals surface area (Å²) in [6.45, 7) is 3.08. The van der Waals surface area contributed by atoms with Crippen molar-refractivity contribution in [2.24, 2.45) is 0 Å². The molecule has 252 valence electrons. The second-order valence-corrected chi connectivity index (χ2v) is 11.1. The number of aliphatic carboxylic acids is 1. The molecule has 1 heterocycles. The van der Waals surface area contributed by atoms with Crippen LogP contribution in [0.5, 0.6) is 11.5 Å². The average Bonchev–Trinajstić information content (AvgIpc) is 3.03. The second kappa shape index (κ2) is 14.6. The number of halogens is 6. The Balaban J connectivity index is 1.87. The van der Waals surface area contributed by atoms with Crippen molar-refractivity contribution < 1.29 is 45.7 Å². The minimum atomic E-state index is -4.77. The van der Waals surface area contributed by atoms with Crippen LogP contribution in [0.4, 0.5) is 32.3 Å². The fraction of sp³-hybridized carbons (Fsp3) is 0.294. The fourth-order valence-corrected chi connectivity index (χ4v) is 4.90. The summed E-state index contributed by atoms with van der Waals surface area (Å²) in [7, 11) is 1.43. The zero-order valence-electron chi connectivity index (χ0n) is 26.0. The Morgan fingerprint density at radius 2 is 1.60 bits per heavy atom. The Morgan fingerprint density at radius 1 is 0.917 bits per heavy atom. The molecule has 1 N–H and O–H groups in total. The molecule has 1 aromatic heterocycles. The van der Waals surface area contributed by atoms with E-state index in [4.69, 9.17) is 14.6 Å². The number of carboxylic acids is 1. The van der Waals surface area contributed by atoms with E-state index in [2.05, 4.69) is 9.97 Å². The van der Waals surface area contributed by atoms with Crippen molar-refractivity contribution in [3.63, 3.8) is 0 Å². The van der Waals surface area contributed by atoms with Crippen molar-refractivity contribution in [1.29, 1.82) is 5.26 Å². The van der Waals surface area contributed by atoms with E-state index in [0.717, 1.165) is 23.8 Å². The fourth-order valence-electron chi connectivity index (χ4n) is 4.90. The lowest BCUT2D eigenvalue weighted by molar-refractivity contribution is -0.138. The molecular formula is C34H30F6N4O4. The molecule has 0 unspecified atom stereocenters. The monoisotopic (exact) mass is 672 g/mol. The molecule has 4 rings (SSSR count). The first-order valence-electron chi connectivity index (χ1n) is 14.5. The number of ether oxygens (including phenoxy) is 2. The number of anilines is 1. The lowest BCUT2D eigenvalue weighted by Crippen LogP contribution is -2.25.